The molecule has 9 heavy (non-hydrogen) atoms. The summed E-state index contributed by atoms with van der Waals surface area (Å²) in [5, 5.41) is 11.2. The first-order valence-corrected chi connectivity index (χ1v) is 2.59. The van der Waals surface area contributed by atoms with Crippen molar-refractivity contribution in [2.75, 3.05) is 0 Å². The van der Waals surface area contributed by atoms with Gasteiger partial charge in [0.2, 0.25) is 5.91 Å². The van der Waals surface area contributed by atoms with E-state index in [9.17, 15) is 4.79 Å². The topological polar surface area (TPSA) is 49.3 Å². The number of nitrogens with one attached hydrogen (secondary N) is 1. The van der Waals surface area contributed by atoms with Crippen molar-refractivity contribution in [3.63, 3.8) is 0 Å². The average molecular weight is 123 g/mol. The lowest BCUT2D eigenvalue weighted by Gasteiger charge is -2.00. The first kappa shape index (κ1) is 6.20. The summed E-state index contributed by atoms with van der Waals surface area (Å²) in [6.45, 7) is 1.53. The van der Waals surface area contributed by atoms with Crippen molar-refractivity contribution < 1.29 is 9.90 Å². The van der Waals surface area contributed by atoms with Crippen LogP contribution in [-0.2, 0) is 4.79 Å². The van der Waals surface area contributed by atoms with Gasteiger partial charge in [-0.15, -0.1) is 0 Å². The molecule has 1 aliphatic rings. The van der Waals surface area contributed by atoms with Gasteiger partial charge < -0.3 is 10.4 Å². The average Bonchev–Trinajstić information content (AvgIpc) is 1.98. The van der Waals surface area contributed by atoms with Crippen LogP contribution in [0.2, 0.25) is 0 Å². The van der Waals surface area contributed by atoms with Crippen LogP contribution in [0, 0.1) is 0 Å². The number of carbonyl (C=O) groups is 1. The van der Waals surface area contributed by atoms with E-state index in [0.29, 0.717) is 5.57 Å². The highest BCUT2D eigenvalue weighted by Crippen LogP contribution is 2.10. The van der Waals surface area contributed by atoms with Gasteiger partial charge in [-0.1, -0.05) is 0 Å². The molecule has 0 saturated heterocycles. The van der Waals surface area contributed by atoms with Gasteiger partial charge in [0, 0.05) is 5.94 Å². The molecule has 1 rings (SSSR count). The summed E-state index contributed by atoms with van der Waals surface area (Å²) in [6.07, 6.45) is 0. The monoisotopic (exact) mass is 123 g/mol. The molecule has 1 heterocycles. The van der Waals surface area contributed by atoms with Crippen LogP contribution < -0.4 is 5.32 Å². The normalized spacial score (nSPS) is 26.8. The van der Waals surface area contributed by atoms with Crippen LogP contribution in [0.3, 0.4) is 0 Å². The summed E-state index contributed by atoms with van der Waals surface area (Å²) in [5.74, 6) is -1.04. The zero-order chi connectivity index (χ0) is 7.02. The lowest BCUT2D eigenvalue weighted by Crippen LogP contribution is -2.28. The Morgan fingerprint density at radius 1 is 1.78 bits per heavy atom. The lowest BCUT2D eigenvalue weighted by atomic mass is 9.96. The van der Waals surface area contributed by atoms with Crippen LogP contribution in [0.4, 0.5) is 0 Å². The zero-order valence-electron chi connectivity index (χ0n) is 5.01. The number of rotatable bonds is 0. The van der Waals surface area contributed by atoms with Crippen molar-refractivity contribution in [3.8, 4) is 0 Å². The SMILES string of the molecule is [B][C@@H]1NC(=O)C(C)=C1O. The number of amides is 1. The summed E-state index contributed by atoms with van der Waals surface area (Å²) in [7, 11) is 5.22. The number of hydrogen-bond acceptors (Lipinski definition) is 2. The molecule has 46 valence electrons. The fraction of sp³-hybridized carbons (Fsp3) is 0.400. The van der Waals surface area contributed by atoms with Crippen LogP contribution in [0.25, 0.3) is 0 Å². The van der Waals surface area contributed by atoms with Gasteiger partial charge in [-0.2, -0.15) is 0 Å². The van der Waals surface area contributed by atoms with E-state index in [1.807, 2.05) is 0 Å². The van der Waals surface area contributed by atoms with E-state index in [-0.39, 0.29) is 11.7 Å². The summed E-state index contributed by atoms with van der Waals surface area (Å²) in [5.41, 5.74) is 0.308. The maximum absolute atomic E-state index is 10.6. The predicted octanol–water partition coefficient (Wildman–Crippen LogP) is -0.557. The smallest absolute Gasteiger partial charge is 0.250 e. The zero-order valence-corrected chi connectivity index (χ0v) is 5.01. The Balaban J connectivity index is 2.92. The molecule has 0 aromatic heterocycles. The molecular formula is C5H6BNO2. The lowest BCUT2D eigenvalue weighted by molar-refractivity contribution is -0.116. The number of aliphatic hydroxyl groups excluding tert-OH is 1. The first-order chi connectivity index (χ1) is 4.13. The molecule has 0 aromatic rings. The molecule has 0 aromatic carbocycles. The van der Waals surface area contributed by atoms with Crippen LogP contribution >= 0.6 is 0 Å². The van der Waals surface area contributed by atoms with Gasteiger partial charge in [-0.3, -0.25) is 4.79 Å². The fourth-order valence-corrected chi connectivity index (χ4v) is 0.667. The van der Waals surface area contributed by atoms with Crippen molar-refractivity contribution in [2.24, 2.45) is 0 Å². The molecule has 0 fully saturated rings. The van der Waals surface area contributed by atoms with Crippen LogP contribution in [-0.4, -0.2) is 24.8 Å². The summed E-state index contributed by atoms with van der Waals surface area (Å²) < 4.78 is 0. The number of aliphatic hydroxyl groups is 1. The Labute approximate surface area is 54.2 Å². The molecule has 1 amide bonds. The predicted molar refractivity (Wildman–Crippen MR) is 33.0 cm³/mol. The minimum Gasteiger partial charge on any atom is -0.511 e. The van der Waals surface area contributed by atoms with Crippen molar-refractivity contribution in [1.29, 1.82) is 0 Å². The molecular weight excluding hydrogens is 117 g/mol. The fourth-order valence-electron chi connectivity index (χ4n) is 0.667. The molecule has 2 radical (unpaired) electrons. The van der Waals surface area contributed by atoms with E-state index in [1.54, 1.807) is 0 Å². The molecule has 0 saturated carbocycles. The second kappa shape index (κ2) is 1.79. The maximum Gasteiger partial charge on any atom is 0.250 e. The Bertz CT molecular complexity index is 187. The van der Waals surface area contributed by atoms with E-state index < -0.39 is 5.94 Å². The molecule has 4 heteroatoms. The minimum atomic E-state index is -0.697. The minimum absolute atomic E-state index is 0.0556. The summed E-state index contributed by atoms with van der Waals surface area (Å²) in [6, 6.07) is 0. The maximum atomic E-state index is 10.6. The van der Waals surface area contributed by atoms with Crippen LogP contribution in [0.1, 0.15) is 6.92 Å². The van der Waals surface area contributed by atoms with Gasteiger partial charge in [-0.25, -0.2) is 0 Å². The molecule has 0 spiro atoms. The van der Waals surface area contributed by atoms with E-state index >= 15 is 0 Å². The van der Waals surface area contributed by atoms with Gasteiger partial charge >= 0.3 is 0 Å². The highest BCUT2D eigenvalue weighted by Gasteiger charge is 2.23. The summed E-state index contributed by atoms with van der Waals surface area (Å²) in [4.78, 5) is 10.6. The Morgan fingerprint density at radius 2 is 2.33 bits per heavy atom. The standard InChI is InChI=1S/C5H6BNO2/c1-2-3(8)4(6)7-5(2)9/h4,8H,1H3,(H,7,9)/t4-/m1/s1. The largest absolute Gasteiger partial charge is 0.511 e. The van der Waals surface area contributed by atoms with Crippen molar-refractivity contribution >= 4 is 13.8 Å². The van der Waals surface area contributed by atoms with Crippen molar-refractivity contribution in [1.82, 2.24) is 5.32 Å². The molecule has 0 bridgehead atoms. The molecule has 1 atom stereocenters. The Morgan fingerprint density at radius 3 is 2.44 bits per heavy atom. The van der Waals surface area contributed by atoms with Gasteiger partial charge in [0.15, 0.2) is 0 Å². The molecule has 2 N–H and O–H groups in total. The highest BCUT2D eigenvalue weighted by molar-refractivity contribution is 6.18. The van der Waals surface area contributed by atoms with E-state index in [0.717, 1.165) is 0 Å². The van der Waals surface area contributed by atoms with Crippen LogP contribution in [0.5, 0.6) is 0 Å². The Hall–Kier alpha value is -0.925. The second-order valence-electron chi connectivity index (χ2n) is 1.96. The van der Waals surface area contributed by atoms with E-state index in [2.05, 4.69) is 5.32 Å². The third-order valence-electron chi connectivity index (χ3n) is 1.31. The van der Waals surface area contributed by atoms with Gasteiger partial charge in [0.25, 0.3) is 0 Å². The highest BCUT2D eigenvalue weighted by atomic mass is 16.3. The van der Waals surface area contributed by atoms with Gasteiger partial charge in [0.05, 0.1) is 5.57 Å². The second-order valence-corrected chi connectivity index (χ2v) is 1.96. The van der Waals surface area contributed by atoms with Crippen molar-refractivity contribution in [3.05, 3.63) is 11.3 Å². The number of hydrogen-bond donors (Lipinski definition) is 2. The number of carbonyl (C=O) groups excluding carboxylic acids is 1. The molecule has 0 aliphatic carbocycles. The first-order valence-electron chi connectivity index (χ1n) is 2.59. The third kappa shape index (κ3) is 0.802. The van der Waals surface area contributed by atoms with Gasteiger partial charge in [-0.05, 0) is 6.92 Å². The molecule has 1 aliphatic heterocycles. The molecule has 3 nitrogen and oxygen atoms in total. The quantitative estimate of drug-likeness (QED) is 0.424. The van der Waals surface area contributed by atoms with E-state index in [4.69, 9.17) is 13.0 Å². The van der Waals surface area contributed by atoms with Crippen LogP contribution in [0.15, 0.2) is 11.3 Å². The third-order valence-corrected chi connectivity index (χ3v) is 1.31. The Kier molecular flexibility index (Phi) is 1.23. The van der Waals surface area contributed by atoms with Crippen molar-refractivity contribution in [2.45, 2.75) is 12.9 Å². The molecule has 0 unspecified atom stereocenters. The summed E-state index contributed by atoms with van der Waals surface area (Å²) >= 11 is 0. The van der Waals surface area contributed by atoms with Gasteiger partial charge in [0.1, 0.15) is 13.6 Å². The van der Waals surface area contributed by atoms with E-state index in [1.165, 1.54) is 6.92 Å².